The van der Waals surface area contributed by atoms with E-state index >= 15 is 0 Å². The SMILES string of the molecule is C1=CC2=C(CC1)C(c1ccccc1)(c1ccccc1)c1cc(N(c3ccc4c(c3)c3ccccc3n4-c3ccccc3)c3ccc4c(c3)c3ccccc3n4-c3ccccc3)ccc12. The lowest BCUT2D eigenvalue weighted by atomic mass is 9.65. The van der Waals surface area contributed by atoms with Crippen molar-refractivity contribution in [1.82, 2.24) is 9.13 Å². The first-order valence-electron chi connectivity index (χ1n) is 22.4. The van der Waals surface area contributed by atoms with Crippen molar-refractivity contribution < 1.29 is 0 Å². The highest BCUT2D eigenvalue weighted by Crippen LogP contribution is 2.58. The zero-order chi connectivity index (χ0) is 42.2. The molecule has 302 valence electrons. The number of para-hydroxylation sites is 4. The number of benzene rings is 9. The highest BCUT2D eigenvalue weighted by Gasteiger charge is 2.47. The molecule has 64 heavy (non-hydrogen) atoms. The summed E-state index contributed by atoms with van der Waals surface area (Å²) >= 11 is 0. The third-order valence-corrected chi connectivity index (χ3v) is 13.8. The fourth-order valence-corrected chi connectivity index (χ4v) is 11.2. The van der Waals surface area contributed by atoms with Gasteiger partial charge in [-0.3, -0.25) is 0 Å². The van der Waals surface area contributed by atoms with Gasteiger partial charge in [0.15, 0.2) is 0 Å². The first kappa shape index (κ1) is 36.5. The van der Waals surface area contributed by atoms with E-state index in [1.165, 1.54) is 77.0 Å². The lowest BCUT2D eigenvalue weighted by Crippen LogP contribution is -2.30. The standard InChI is InChI=1S/C61H43N3/c1-5-19-42(20-6-1)61(43-21-7-2-8-22-43)55-30-16-13-27-49(55)50-36-33-48(41-56(50)61)62(46-34-37-59-53(39-46)51-28-14-17-31-57(51)63(59)44-23-9-3-10-24-44)47-35-38-60-54(40-47)52-29-15-18-32-58(52)64(60)45-25-11-4-12-26-45/h1-15,17-29,31-41H,16,30H2. The van der Waals surface area contributed by atoms with Crippen LogP contribution in [0.2, 0.25) is 0 Å². The lowest BCUT2D eigenvalue weighted by Gasteiger charge is -2.37. The fraction of sp³-hybridized carbons (Fsp3) is 0.0492. The zero-order valence-corrected chi connectivity index (χ0v) is 35.3. The molecule has 0 bridgehead atoms. The molecule has 0 N–H and O–H groups in total. The molecule has 0 aliphatic heterocycles. The summed E-state index contributed by atoms with van der Waals surface area (Å²) in [6.07, 6.45) is 6.78. The van der Waals surface area contributed by atoms with Crippen LogP contribution in [0.1, 0.15) is 35.1 Å². The van der Waals surface area contributed by atoms with E-state index in [4.69, 9.17) is 0 Å². The van der Waals surface area contributed by atoms with Gasteiger partial charge in [0.1, 0.15) is 0 Å². The molecule has 2 aliphatic rings. The molecule has 2 aliphatic carbocycles. The summed E-state index contributed by atoms with van der Waals surface area (Å²) in [5.74, 6) is 0. The van der Waals surface area contributed by atoms with Gasteiger partial charge in [-0.15, -0.1) is 0 Å². The Bertz CT molecular complexity index is 3450. The quantitative estimate of drug-likeness (QED) is 0.156. The van der Waals surface area contributed by atoms with Gasteiger partial charge >= 0.3 is 0 Å². The highest BCUT2D eigenvalue weighted by atomic mass is 15.1. The van der Waals surface area contributed by atoms with E-state index in [1.54, 1.807) is 0 Å². The Morgan fingerprint density at radius 1 is 0.391 bits per heavy atom. The minimum atomic E-state index is -0.445. The molecule has 0 fully saturated rings. The smallest absolute Gasteiger partial charge is 0.0677 e. The van der Waals surface area contributed by atoms with Crippen molar-refractivity contribution in [2.24, 2.45) is 0 Å². The Morgan fingerprint density at radius 3 is 1.36 bits per heavy atom. The Kier molecular flexibility index (Phi) is 8.26. The molecule has 2 heterocycles. The van der Waals surface area contributed by atoms with E-state index in [2.05, 4.69) is 251 Å². The number of allylic oxidation sites excluding steroid dienone is 4. The van der Waals surface area contributed by atoms with Crippen LogP contribution in [0.5, 0.6) is 0 Å². The first-order valence-corrected chi connectivity index (χ1v) is 22.4. The molecule has 3 nitrogen and oxygen atoms in total. The van der Waals surface area contributed by atoms with Crippen molar-refractivity contribution in [1.29, 1.82) is 0 Å². The molecule has 11 aromatic rings. The maximum atomic E-state index is 2.51. The number of hydrogen-bond acceptors (Lipinski definition) is 1. The van der Waals surface area contributed by atoms with Crippen LogP contribution < -0.4 is 4.90 Å². The van der Waals surface area contributed by atoms with Gasteiger partial charge in [0, 0.05) is 50.0 Å². The second kappa shape index (κ2) is 14.5. The average molecular weight is 818 g/mol. The summed E-state index contributed by atoms with van der Waals surface area (Å²) in [6, 6.07) is 82.9. The molecule has 0 radical (unpaired) electrons. The van der Waals surface area contributed by atoms with Gasteiger partial charge in [-0.2, -0.15) is 0 Å². The third kappa shape index (κ3) is 5.34. The van der Waals surface area contributed by atoms with Gasteiger partial charge in [0.05, 0.1) is 27.5 Å². The maximum absolute atomic E-state index is 2.51. The van der Waals surface area contributed by atoms with Gasteiger partial charge in [-0.25, -0.2) is 0 Å². The molecular formula is C61H43N3. The van der Waals surface area contributed by atoms with Crippen LogP contribution in [-0.4, -0.2) is 9.13 Å². The second-order valence-electron chi connectivity index (χ2n) is 17.2. The normalized spacial score (nSPS) is 14.1. The second-order valence-corrected chi connectivity index (χ2v) is 17.2. The van der Waals surface area contributed by atoms with Crippen LogP contribution in [0.15, 0.2) is 242 Å². The molecule has 0 saturated heterocycles. The molecule has 0 atom stereocenters. The minimum absolute atomic E-state index is 0.445. The fourth-order valence-electron chi connectivity index (χ4n) is 11.2. The molecule has 2 aromatic heterocycles. The van der Waals surface area contributed by atoms with E-state index in [1.807, 2.05) is 0 Å². The summed E-state index contributed by atoms with van der Waals surface area (Å²) < 4.78 is 4.80. The van der Waals surface area contributed by atoms with E-state index in [0.717, 1.165) is 41.3 Å². The van der Waals surface area contributed by atoms with Crippen molar-refractivity contribution >= 4 is 66.2 Å². The van der Waals surface area contributed by atoms with E-state index in [0.29, 0.717) is 0 Å². The summed E-state index contributed by atoms with van der Waals surface area (Å²) in [5, 5.41) is 4.90. The number of nitrogens with zero attached hydrogens (tertiary/aromatic N) is 3. The van der Waals surface area contributed by atoms with Gasteiger partial charge in [-0.05, 0) is 131 Å². The van der Waals surface area contributed by atoms with Crippen LogP contribution in [0, 0.1) is 0 Å². The van der Waals surface area contributed by atoms with Crippen LogP contribution in [0.3, 0.4) is 0 Å². The van der Waals surface area contributed by atoms with Crippen molar-refractivity contribution in [2.75, 3.05) is 4.90 Å². The highest BCUT2D eigenvalue weighted by molar-refractivity contribution is 6.12. The Morgan fingerprint density at radius 2 is 0.828 bits per heavy atom. The van der Waals surface area contributed by atoms with Crippen LogP contribution in [0.25, 0.3) is 60.6 Å². The molecule has 3 heteroatoms. The number of rotatable bonds is 7. The van der Waals surface area contributed by atoms with Crippen LogP contribution in [0.4, 0.5) is 17.1 Å². The van der Waals surface area contributed by atoms with E-state index < -0.39 is 5.41 Å². The third-order valence-electron chi connectivity index (χ3n) is 13.8. The van der Waals surface area contributed by atoms with Crippen LogP contribution >= 0.6 is 0 Å². The van der Waals surface area contributed by atoms with Crippen LogP contribution in [-0.2, 0) is 5.41 Å². The van der Waals surface area contributed by atoms with Gasteiger partial charge in [0.2, 0.25) is 0 Å². The number of fused-ring (bicyclic) bond motifs is 8. The zero-order valence-electron chi connectivity index (χ0n) is 35.3. The summed E-state index contributed by atoms with van der Waals surface area (Å²) in [6.45, 7) is 0. The molecule has 0 spiro atoms. The van der Waals surface area contributed by atoms with Crippen molar-refractivity contribution in [3.05, 3.63) is 264 Å². The van der Waals surface area contributed by atoms with E-state index in [9.17, 15) is 0 Å². The molecule has 13 rings (SSSR count). The number of hydrogen-bond donors (Lipinski definition) is 0. The van der Waals surface area contributed by atoms with Crippen molar-refractivity contribution in [3.63, 3.8) is 0 Å². The van der Waals surface area contributed by atoms with Gasteiger partial charge in [-0.1, -0.05) is 152 Å². The average Bonchev–Trinajstić information content (AvgIpc) is 3.99. The summed E-state index contributed by atoms with van der Waals surface area (Å²) in [4.78, 5) is 2.50. The largest absolute Gasteiger partial charge is 0.310 e. The monoisotopic (exact) mass is 817 g/mol. The molecule has 0 unspecified atom stereocenters. The summed E-state index contributed by atoms with van der Waals surface area (Å²) in [7, 11) is 0. The predicted octanol–water partition coefficient (Wildman–Crippen LogP) is 15.8. The number of anilines is 3. The lowest BCUT2D eigenvalue weighted by molar-refractivity contribution is 0.696. The Balaban J connectivity index is 1.09. The predicted molar refractivity (Wildman–Crippen MR) is 268 cm³/mol. The van der Waals surface area contributed by atoms with Crippen molar-refractivity contribution in [3.8, 4) is 11.4 Å². The van der Waals surface area contributed by atoms with Gasteiger partial charge < -0.3 is 14.0 Å². The number of aromatic nitrogens is 2. The maximum Gasteiger partial charge on any atom is 0.0677 e. The molecular weight excluding hydrogens is 775 g/mol. The van der Waals surface area contributed by atoms with Gasteiger partial charge in [0.25, 0.3) is 0 Å². The Hall–Kier alpha value is -8.14. The summed E-state index contributed by atoms with van der Waals surface area (Å²) in [5.41, 5.74) is 18.0. The molecule has 9 aromatic carbocycles. The molecule has 0 amide bonds. The Labute approximate surface area is 372 Å². The first-order chi connectivity index (χ1) is 31.8. The molecule has 0 saturated carbocycles. The van der Waals surface area contributed by atoms with Crippen molar-refractivity contribution in [2.45, 2.75) is 18.3 Å². The minimum Gasteiger partial charge on any atom is -0.310 e. The topological polar surface area (TPSA) is 13.1 Å². The van der Waals surface area contributed by atoms with E-state index in [-0.39, 0.29) is 0 Å².